The van der Waals surface area contributed by atoms with Gasteiger partial charge in [-0.15, -0.1) is 0 Å². The zero-order chi connectivity index (χ0) is 15.5. The summed E-state index contributed by atoms with van der Waals surface area (Å²) < 4.78 is 31.5. The molecule has 0 bridgehead atoms. The van der Waals surface area contributed by atoms with Crippen molar-refractivity contribution in [2.24, 2.45) is 0 Å². The molecule has 1 heterocycles. The fraction of sp³-hybridized carbons (Fsp3) is 0.357. The van der Waals surface area contributed by atoms with Gasteiger partial charge in [0.2, 0.25) is 10.0 Å². The number of hydrogen-bond donors (Lipinski definition) is 1. The van der Waals surface area contributed by atoms with Gasteiger partial charge in [-0.25, -0.2) is 13.2 Å². The van der Waals surface area contributed by atoms with Crippen LogP contribution in [0.4, 0.5) is 0 Å². The average molecular weight is 311 g/mol. The van der Waals surface area contributed by atoms with E-state index in [0.29, 0.717) is 19.6 Å². The predicted molar refractivity (Wildman–Crippen MR) is 76.7 cm³/mol. The summed E-state index contributed by atoms with van der Waals surface area (Å²) in [6.07, 6.45) is 2.40. The molecule has 0 radical (unpaired) electrons. The summed E-state index contributed by atoms with van der Waals surface area (Å²) >= 11 is 0. The lowest BCUT2D eigenvalue weighted by molar-refractivity contribution is 0.0692. The molecule has 1 N–H and O–H groups in total. The van der Waals surface area contributed by atoms with E-state index in [9.17, 15) is 13.2 Å². The van der Waals surface area contributed by atoms with Crippen LogP contribution in [0.1, 0.15) is 16.8 Å². The number of rotatable bonds is 5. The van der Waals surface area contributed by atoms with Crippen LogP contribution >= 0.6 is 0 Å². The number of carboxylic acids is 1. The van der Waals surface area contributed by atoms with Crippen molar-refractivity contribution >= 4 is 16.0 Å². The van der Waals surface area contributed by atoms with Crippen LogP contribution in [-0.4, -0.2) is 50.6 Å². The molecule has 0 aromatic heterocycles. The minimum atomic E-state index is -3.81. The van der Waals surface area contributed by atoms with Crippen LogP contribution in [0.2, 0.25) is 0 Å². The average Bonchev–Trinajstić information content (AvgIpc) is 2.48. The maximum Gasteiger partial charge on any atom is 0.337 e. The van der Waals surface area contributed by atoms with Crippen LogP contribution in [0.15, 0.2) is 40.8 Å². The van der Waals surface area contributed by atoms with Crippen molar-refractivity contribution in [1.29, 1.82) is 0 Å². The van der Waals surface area contributed by atoms with Crippen molar-refractivity contribution < 1.29 is 23.1 Å². The smallest absolute Gasteiger partial charge is 0.337 e. The Morgan fingerprint density at radius 3 is 2.67 bits per heavy atom. The van der Waals surface area contributed by atoms with Crippen LogP contribution < -0.4 is 0 Å². The van der Waals surface area contributed by atoms with Gasteiger partial charge in [0.15, 0.2) is 0 Å². The molecule has 7 heteroatoms. The molecule has 0 unspecified atom stereocenters. The van der Waals surface area contributed by atoms with E-state index in [1.807, 2.05) is 6.08 Å². The minimum absolute atomic E-state index is 0.166. The van der Waals surface area contributed by atoms with Gasteiger partial charge >= 0.3 is 5.97 Å². The molecule has 0 fully saturated rings. The van der Waals surface area contributed by atoms with Crippen molar-refractivity contribution in [2.75, 3.05) is 26.8 Å². The molecule has 2 rings (SSSR count). The number of sulfonamides is 1. The number of methoxy groups -OCH3 is 1. The SMILES string of the molecule is COCC1=CCN(S(=O)(=O)c2ccccc2C(=O)O)CC1. The van der Waals surface area contributed by atoms with Crippen LogP contribution in [0.3, 0.4) is 0 Å². The Kier molecular flexibility index (Phi) is 4.76. The molecule has 0 aliphatic carbocycles. The zero-order valence-electron chi connectivity index (χ0n) is 11.7. The van der Waals surface area contributed by atoms with Gasteiger partial charge < -0.3 is 9.84 Å². The fourth-order valence-electron chi connectivity index (χ4n) is 2.23. The molecule has 21 heavy (non-hydrogen) atoms. The van der Waals surface area contributed by atoms with E-state index >= 15 is 0 Å². The number of carbonyl (C=O) groups is 1. The summed E-state index contributed by atoms with van der Waals surface area (Å²) in [5, 5.41) is 9.13. The lowest BCUT2D eigenvalue weighted by Crippen LogP contribution is -2.36. The lowest BCUT2D eigenvalue weighted by atomic mass is 10.1. The normalized spacial score (nSPS) is 16.5. The van der Waals surface area contributed by atoms with Gasteiger partial charge in [-0.3, -0.25) is 0 Å². The van der Waals surface area contributed by atoms with Gasteiger partial charge in [0.05, 0.1) is 17.1 Å². The largest absolute Gasteiger partial charge is 0.478 e. The number of nitrogens with zero attached hydrogens (tertiary/aromatic N) is 1. The van der Waals surface area contributed by atoms with Gasteiger partial charge in [-0.2, -0.15) is 4.31 Å². The third-order valence-electron chi connectivity index (χ3n) is 3.33. The first-order valence-electron chi connectivity index (χ1n) is 6.46. The summed E-state index contributed by atoms with van der Waals surface area (Å²) in [6.45, 7) is 1.04. The first-order chi connectivity index (χ1) is 9.96. The number of hydrogen-bond acceptors (Lipinski definition) is 4. The second-order valence-electron chi connectivity index (χ2n) is 4.71. The summed E-state index contributed by atoms with van der Waals surface area (Å²) in [7, 11) is -2.22. The number of carboxylic acid groups (broad SMARTS) is 1. The Morgan fingerprint density at radius 1 is 1.38 bits per heavy atom. The Balaban J connectivity index is 2.30. The molecule has 114 valence electrons. The minimum Gasteiger partial charge on any atom is -0.478 e. The highest BCUT2D eigenvalue weighted by atomic mass is 32.2. The van der Waals surface area contributed by atoms with E-state index < -0.39 is 16.0 Å². The first kappa shape index (κ1) is 15.7. The summed E-state index contributed by atoms with van der Waals surface area (Å²) in [5.41, 5.74) is 0.847. The second-order valence-corrected chi connectivity index (χ2v) is 6.62. The van der Waals surface area contributed by atoms with Crippen molar-refractivity contribution in [3.63, 3.8) is 0 Å². The molecule has 0 atom stereocenters. The van der Waals surface area contributed by atoms with Crippen LogP contribution in [0.5, 0.6) is 0 Å². The molecular weight excluding hydrogens is 294 g/mol. The lowest BCUT2D eigenvalue weighted by Gasteiger charge is -2.26. The molecule has 1 aliphatic heterocycles. The van der Waals surface area contributed by atoms with Gasteiger partial charge in [0.1, 0.15) is 0 Å². The Morgan fingerprint density at radius 2 is 2.10 bits per heavy atom. The molecule has 0 saturated carbocycles. The van der Waals surface area contributed by atoms with Gasteiger partial charge in [-0.05, 0) is 24.1 Å². The van der Waals surface area contributed by atoms with Crippen molar-refractivity contribution in [3.8, 4) is 0 Å². The van der Waals surface area contributed by atoms with Crippen LogP contribution in [-0.2, 0) is 14.8 Å². The fourth-order valence-corrected chi connectivity index (χ4v) is 3.80. The number of aromatic carboxylic acids is 1. The highest BCUT2D eigenvalue weighted by Crippen LogP contribution is 2.23. The quantitative estimate of drug-likeness (QED) is 0.830. The third-order valence-corrected chi connectivity index (χ3v) is 5.25. The first-order valence-corrected chi connectivity index (χ1v) is 7.90. The zero-order valence-corrected chi connectivity index (χ0v) is 12.5. The van der Waals surface area contributed by atoms with E-state index in [1.165, 1.54) is 28.6 Å². The molecule has 1 aromatic rings. The monoisotopic (exact) mass is 311 g/mol. The highest BCUT2D eigenvalue weighted by Gasteiger charge is 2.29. The molecule has 0 amide bonds. The van der Waals surface area contributed by atoms with E-state index in [4.69, 9.17) is 9.84 Å². The molecule has 1 aromatic carbocycles. The van der Waals surface area contributed by atoms with E-state index in [1.54, 1.807) is 7.11 Å². The topological polar surface area (TPSA) is 83.9 Å². The highest BCUT2D eigenvalue weighted by molar-refractivity contribution is 7.89. The number of benzene rings is 1. The van der Waals surface area contributed by atoms with E-state index in [-0.39, 0.29) is 17.0 Å². The summed E-state index contributed by atoms with van der Waals surface area (Å²) in [6, 6.07) is 5.66. The Bertz CT molecular complexity index is 666. The molecule has 0 spiro atoms. The maximum atomic E-state index is 12.6. The van der Waals surface area contributed by atoms with Gasteiger partial charge in [-0.1, -0.05) is 18.2 Å². The van der Waals surface area contributed by atoms with Crippen molar-refractivity contribution in [3.05, 3.63) is 41.5 Å². The third kappa shape index (κ3) is 3.31. The van der Waals surface area contributed by atoms with Crippen molar-refractivity contribution in [1.82, 2.24) is 4.31 Å². The molecule has 6 nitrogen and oxygen atoms in total. The molecular formula is C14H17NO5S. The maximum absolute atomic E-state index is 12.6. The standard InChI is InChI=1S/C14H17NO5S/c1-20-10-11-6-8-15(9-7-11)21(18,19)13-5-3-2-4-12(13)14(16)17/h2-6H,7-10H2,1H3,(H,16,17). The van der Waals surface area contributed by atoms with Crippen LogP contribution in [0.25, 0.3) is 0 Å². The van der Waals surface area contributed by atoms with Crippen LogP contribution in [0, 0.1) is 0 Å². The van der Waals surface area contributed by atoms with E-state index in [2.05, 4.69) is 0 Å². The van der Waals surface area contributed by atoms with Crippen molar-refractivity contribution in [2.45, 2.75) is 11.3 Å². The van der Waals surface area contributed by atoms with Gasteiger partial charge in [0, 0.05) is 20.2 Å². The Labute approximate surface area is 123 Å². The Hall–Kier alpha value is -1.70. The summed E-state index contributed by atoms with van der Waals surface area (Å²) in [5.74, 6) is -1.25. The second kappa shape index (κ2) is 6.38. The predicted octanol–water partition coefficient (Wildman–Crippen LogP) is 1.35. The molecule has 1 aliphatic rings. The van der Waals surface area contributed by atoms with Gasteiger partial charge in [0.25, 0.3) is 0 Å². The summed E-state index contributed by atoms with van der Waals surface area (Å²) in [4.78, 5) is 11.0. The van der Waals surface area contributed by atoms with E-state index in [0.717, 1.165) is 5.57 Å². The number of ether oxygens (including phenoxy) is 1. The molecule has 0 saturated heterocycles.